The Balaban J connectivity index is 1.81. The highest BCUT2D eigenvalue weighted by atomic mass is 15.1. The average Bonchev–Trinajstić information content (AvgIpc) is 2.47. The highest BCUT2D eigenvalue weighted by molar-refractivity contribution is 5.48. The zero-order valence-electron chi connectivity index (χ0n) is 14.3. The smallest absolute Gasteiger partial charge is 0.0366 e. The number of unbranched alkanes of at least 4 members (excludes halogenated alkanes) is 4. The first-order valence-electron chi connectivity index (χ1n) is 9.03. The van der Waals surface area contributed by atoms with Crippen molar-refractivity contribution in [1.82, 2.24) is 0 Å². The highest BCUT2D eigenvalue weighted by Crippen LogP contribution is 2.26. The summed E-state index contributed by atoms with van der Waals surface area (Å²) in [7, 11) is 0. The second-order valence-electron chi connectivity index (χ2n) is 7.18. The van der Waals surface area contributed by atoms with Crippen LogP contribution in [-0.4, -0.2) is 13.1 Å². The van der Waals surface area contributed by atoms with Crippen molar-refractivity contribution in [3.05, 3.63) is 29.8 Å². The van der Waals surface area contributed by atoms with Crippen LogP contribution in [0.25, 0.3) is 0 Å². The summed E-state index contributed by atoms with van der Waals surface area (Å²) in [6.45, 7) is 9.49. The summed E-state index contributed by atoms with van der Waals surface area (Å²) in [5, 5.41) is 0. The maximum absolute atomic E-state index is 2.57. The molecule has 1 aromatic carbocycles. The van der Waals surface area contributed by atoms with E-state index in [0.29, 0.717) is 0 Å². The Morgan fingerprint density at radius 3 is 2.14 bits per heavy atom. The topological polar surface area (TPSA) is 3.24 Å². The van der Waals surface area contributed by atoms with E-state index in [2.05, 4.69) is 49.9 Å². The lowest BCUT2D eigenvalue weighted by Gasteiger charge is -2.36. The minimum Gasteiger partial charge on any atom is -0.371 e. The fourth-order valence-electron chi connectivity index (χ4n) is 3.68. The van der Waals surface area contributed by atoms with Crippen molar-refractivity contribution < 1.29 is 0 Å². The molecule has 1 saturated heterocycles. The maximum atomic E-state index is 2.57. The molecule has 2 atom stereocenters. The molecule has 2 rings (SSSR count). The Kier molecular flexibility index (Phi) is 6.60. The summed E-state index contributed by atoms with van der Waals surface area (Å²) in [5.41, 5.74) is 2.93. The molecule has 0 radical (unpaired) electrons. The second kappa shape index (κ2) is 8.46. The summed E-state index contributed by atoms with van der Waals surface area (Å²) >= 11 is 0. The van der Waals surface area contributed by atoms with Crippen molar-refractivity contribution in [2.75, 3.05) is 18.0 Å². The lowest BCUT2D eigenvalue weighted by Crippen LogP contribution is -2.38. The maximum Gasteiger partial charge on any atom is 0.0366 e. The monoisotopic (exact) mass is 287 g/mol. The van der Waals surface area contributed by atoms with Crippen molar-refractivity contribution in [1.29, 1.82) is 0 Å². The summed E-state index contributed by atoms with van der Waals surface area (Å²) < 4.78 is 0. The first kappa shape index (κ1) is 16.4. The van der Waals surface area contributed by atoms with Crippen molar-refractivity contribution in [3.63, 3.8) is 0 Å². The van der Waals surface area contributed by atoms with Crippen LogP contribution in [0.3, 0.4) is 0 Å². The van der Waals surface area contributed by atoms with E-state index < -0.39 is 0 Å². The van der Waals surface area contributed by atoms with Crippen LogP contribution in [0, 0.1) is 11.8 Å². The summed E-state index contributed by atoms with van der Waals surface area (Å²) in [6, 6.07) is 9.37. The van der Waals surface area contributed by atoms with Gasteiger partial charge in [-0.15, -0.1) is 0 Å². The van der Waals surface area contributed by atoms with Crippen LogP contribution in [0.2, 0.25) is 0 Å². The van der Waals surface area contributed by atoms with Crippen molar-refractivity contribution in [2.24, 2.45) is 11.8 Å². The van der Waals surface area contributed by atoms with Crippen molar-refractivity contribution in [3.8, 4) is 0 Å². The van der Waals surface area contributed by atoms with Crippen LogP contribution in [0.4, 0.5) is 5.69 Å². The fraction of sp³-hybridized carbons (Fsp3) is 0.700. The first-order chi connectivity index (χ1) is 10.2. The van der Waals surface area contributed by atoms with E-state index in [0.717, 1.165) is 11.8 Å². The minimum atomic E-state index is 0.826. The van der Waals surface area contributed by atoms with Crippen LogP contribution >= 0.6 is 0 Å². The van der Waals surface area contributed by atoms with Crippen LogP contribution in [0.15, 0.2) is 24.3 Å². The van der Waals surface area contributed by atoms with E-state index in [9.17, 15) is 0 Å². The molecular weight excluding hydrogens is 254 g/mol. The number of benzene rings is 1. The molecule has 1 aromatic rings. The third-order valence-electron chi connectivity index (χ3n) is 4.74. The number of hydrogen-bond acceptors (Lipinski definition) is 1. The highest BCUT2D eigenvalue weighted by Gasteiger charge is 2.21. The van der Waals surface area contributed by atoms with Gasteiger partial charge in [-0.25, -0.2) is 0 Å². The summed E-state index contributed by atoms with van der Waals surface area (Å²) in [6.07, 6.45) is 9.49. The molecule has 21 heavy (non-hydrogen) atoms. The van der Waals surface area contributed by atoms with E-state index >= 15 is 0 Å². The number of anilines is 1. The van der Waals surface area contributed by atoms with E-state index in [1.165, 1.54) is 69.3 Å². The number of rotatable bonds is 7. The van der Waals surface area contributed by atoms with Gasteiger partial charge in [0.2, 0.25) is 0 Å². The molecule has 0 spiro atoms. The number of aryl methyl sites for hydroxylation is 1. The molecular formula is C20H33N. The lowest BCUT2D eigenvalue weighted by molar-refractivity contribution is 0.357. The van der Waals surface area contributed by atoms with Crippen molar-refractivity contribution in [2.45, 2.75) is 65.7 Å². The molecule has 0 unspecified atom stereocenters. The van der Waals surface area contributed by atoms with Gasteiger partial charge in [-0.05, 0) is 48.8 Å². The predicted molar refractivity (Wildman–Crippen MR) is 94.1 cm³/mol. The normalized spacial score (nSPS) is 22.5. The molecule has 1 aliphatic heterocycles. The summed E-state index contributed by atoms with van der Waals surface area (Å²) in [5.74, 6) is 1.65. The minimum absolute atomic E-state index is 0.826. The molecule has 0 saturated carbocycles. The molecule has 0 N–H and O–H groups in total. The number of hydrogen-bond donors (Lipinski definition) is 0. The SMILES string of the molecule is CCCCCCCc1ccc(N2C[C@H](C)C[C@H](C)C2)cc1. The third-order valence-corrected chi connectivity index (χ3v) is 4.74. The van der Waals surface area contributed by atoms with Gasteiger partial charge in [0.05, 0.1) is 0 Å². The van der Waals surface area contributed by atoms with Crippen LogP contribution in [-0.2, 0) is 6.42 Å². The third kappa shape index (κ3) is 5.37. The van der Waals surface area contributed by atoms with Gasteiger partial charge in [-0.2, -0.15) is 0 Å². The Labute approximate surface area is 131 Å². The van der Waals surface area contributed by atoms with E-state index in [1.54, 1.807) is 0 Å². The van der Waals surface area contributed by atoms with E-state index in [4.69, 9.17) is 0 Å². The average molecular weight is 287 g/mol. The van der Waals surface area contributed by atoms with Gasteiger partial charge in [0.25, 0.3) is 0 Å². The Morgan fingerprint density at radius 2 is 1.52 bits per heavy atom. The summed E-state index contributed by atoms with van der Waals surface area (Å²) in [4.78, 5) is 2.57. The molecule has 1 aliphatic rings. The molecule has 0 bridgehead atoms. The van der Waals surface area contributed by atoms with Gasteiger partial charge in [0, 0.05) is 18.8 Å². The number of nitrogens with zero attached hydrogens (tertiary/aromatic N) is 1. The van der Waals surface area contributed by atoms with Gasteiger partial charge >= 0.3 is 0 Å². The van der Waals surface area contributed by atoms with Crippen LogP contribution in [0.1, 0.15) is 64.9 Å². The van der Waals surface area contributed by atoms with Crippen LogP contribution in [0.5, 0.6) is 0 Å². The van der Waals surface area contributed by atoms with Gasteiger partial charge in [-0.3, -0.25) is 0 Å². The molecule has 1 heterocycles. The molecule has 0 amide bonds. The second-order valence-corrected chi connectivity index (χ2v) is 7.18. The van der Waals surface area contributed by atoms with Gasteiger partial charge in [0.1, 0.15) is 0 Å². The van der Waals surface area contributed by atoms with Crippen LogP contribution < -0.4 is 4.90 Å². The van der Waals surface area contributed by atoms with Gasteiger partial charge in [-0.1, -0.05) is 58.6 Å². The molecule has 1 nitrogen and oxygen atoms in total. The fourth-order valence-corrected chi connectivity index (χ4v) is 3.68. The molecule has 1 fully saturated rings. The zero-order chi connectivity index (χ0) is 15.1. The number of piperidine rings is 1. The largest absolute Gasteiger partial charge is 0.371 e. The Hall–Kier alpha value is -0.980. The van der Waals surface area contributed by atoms with E-state index in [-0.39, 0.29) is 0 Å². The quantitative estimate of drug-likeness (QED) is 0.583. The predicted octanol–water partition coefficient (Wildman–Crippen LogP) is 5.68. The van der Waals surface area contributed by atoms with Crippen molar-refractivity contribution >= 4 is 5.69 Å². The Morgan fingerprint density at radius 1 is 0.905 bits per heavy atom. The first-order valence-corrected chi connectivity index (χ1v) is 9.03. The van der Waals surface area contributed by atoms with Gasteiger partial charge in [0.15, 0.2) is 0 Å². The lowest BCUT2D eigenvalue weighted by atomic mass is 9.91. The van der Waals surface area contributed by atoms with Gasteiger partial charge < -0.3 is 4.90 Å². The standard InChI is InChI=1S/C20H33N/c1-4-5-6-7-8-9-19-10-12-20(13-11-19)21-15-17(2)14-18(3)16-21/h10-13,17-18H,4-9,14-16H2,1-3H3/t17-,18+. The van der Waals surface area contributed by atoms with E-state index in [1.807, 2.05) is 0 Å². The molecule has 0 aliphatic carbocycles. The molecule has 118 valence electrons. The Bertz CT molecular complexity index is 385. The molecule has 1 heteroatoms. The molecule has 0 aromatic heterocycles. The zero-order valence-corrected chi connectivity index (χ0v) is 14.3.